The van der Waals surface area contributed by atoms with E-state index in [1.807, 2.05) is 0 Å². The van der Waals surface area contributed by atoms with Crippen LogP contribution in [-0.4, -0.2) is 35.9 Å². The molecular weight excluding hydrogens is 254 g/mol. The van der Waals surface area contributed by atoms with Crippen LogP contribution in [0.5, 0.6) is 0 Å². The molecule has 3 nitrogen and oxygen atoms in total. The van der Waals surface area contributed by atoms with E-state index >= 15 is 0 Å². The van der Waals surface area contributed by atoms with Crippen LogP contribution >= 0.6 is 15.9 Å². The second kappa shape index (κ2) is 4.28. The zero-order valence-corrected chi connectivity index (χ0v) is 10.4. The molecule has 5 heteroatoms. The average molecular weight is 270 g/mol. The normalized spacial score (nSPS) is 25.7. The first-order chi connectivity index (χ1) is 6.00. The van der Waals surface area contributed by atoms with Crippen LogP contribution < -0.4 is 0 Å². The Morgan fingerprint density at radius 3 is 2.62 bits per heavy atom. The molecule has 0 bridgehead atoms. The van der Waals surface area contributed by atoms with Gasteiger partial charge in [-0.3, -0.25) is 0 Å². The van der Waals surface area contributed by atoms with Crippen molar-refractivity contribution in [3.05, 3.63) is 0 Å². The van der Waals surface area contributed by atoms with Gasteiger partial charge < -0.3 is 0 Å². The summed E-state index contributed by atoms with van der Waals surface area (Å²) < 4.78 is 25.3. The van der Waals surface area contributed by atoms with E-state index < -0.39 is 10.0 Å². The summed E-state index contributed by atoms with van der Waals surface area (Å²) in [5.41, 5.74) is 0. The molecule has 1 rings (SSSR count). The van der Waals surface area contributed by atoms with Crippen molar-refractivity contribution in [3.8, 4) is 0 Å². The Morgan fingerprint density at radius 2 is 2.15 bits per heavy atom. The van der Waals surface area contributed by atoms with Gasteiger partial charge in [-0.1, -0.05) is 15.9 Å². The fraction of sp³-hybridized carbons (Fsp3) is 1.00. The Kier molecular flexibility index (Phi) is 3.77. The quantitative estimate of drug-likeness (QED) is 0.730. The summed E-state index contributed by atoms with van der Waals surface area (Å²) in [7, 11) is -3.03. The minimum absolute atomic E-state index is 0.174. The predicted octanol–water partition coefficient (Wildman–Crippen LogP) is 1.58. The van der Waals surface area contributed by atoms with Gasteiger partial charge in [0.25, 0.3) is 0 Å². The summed E-state index contributed by atoms with van der Waals surface area (Å²) in [5.74, 6) is 0. The second-order valence-corrected chi connectivity index (χ2v) is 6.74. The van der Waals surface area contributed by atoms with Crippen molar-refractivity contribution < 1.29 is 8.42 Å². The van der Waals surface area contributed by atoms with Gasteiger partial charge in [0, 0.05) is 17.9 Å². The topological polar surface area (TPSA) is 37.4 Å². The first-order valence-corrected chi connectivity index (χ1v) is 7.19. The van der Waals surface area contributed by atoms with E-state index in [1.54, 1.807) is 18.2 Å². The van der Waals surface area contributed by atoms with Crippen molar-refractivity contribution >= 4 is 26.0 Å². The molecule has 0 aliphatic carbocycles. The van der Waals surface area contributed by atoms with E-state index in [4.69, 9.17) is 0 Å². The van der Waals surface area contributed by atoms with Crippen molar-refractivity contribution in [1.29, 1.82) is 0 Å². The Balaban J connectivity index is 2.82. The van der Waals surface area contributed by atoms with E-state index in [9.17, 15) is 8.42 Å². The number of alkyl halides is 1. The molecule has 0 aromatic rings. The lowest BCUT2D eigenvalue weighted by atomic mass is 10.3. The molecule has 1 atom stereocenters. The Bertz CT molecular complexity index is 263. The minimum atomic E-state index is -3.03. The number of hydrogen-bond donors (Lipinski definition) is 0. The number of nitrogens with zero attached hydrogens (tertiary/aromatic N) is 1. The van der Waals surface area contributed by atoms with Gasteiger partial charge in [0.1, 0.15) is 0 Å². The van der Waals surface area contributed by atoms with Gasteiger partial charge in [-0.2, -0.15) is 4.31 Å². The van der Waals surface area contributed by atoms with Crippen LogP contribution in [0.2, 0.25) is 0 Å². The zero-order valence-electron chi connectivity index (χ0n) is 8.03. The molecule has 78 valence electrons. The molecule has 0 spiro atoms. The molecule has 1 heterocycles. The van der Waals surface area contributed by atoms with Gasteiger partial charge >= 0.3 is 0 Å². The lowest BCUT2D eigenvalue weighted by Crippen LogP contribution is -2.40. The summed E-state index contributed by atoms with van der Waals surface area (Å²) in [6, 6.07) is 0.174. The summed E-state index contributed by atoms with van der Waals surface area (Å²) >= 11 is 3.35. The van der Waals surface area contributed by atoms with Crippen LogP contribution in [0.3, 0.4) is 0 Å². The maximum Gasteiger partial charge on any atom is 0.216 e. The highest BCUT2D eigenvalue weighted by molar-refractivity contribution is 9.09. The Hall–Kier alpha value is 0.390. The lowest BCUT2D eigenvalue weighted by Gasteiger charge is -2.24. The summed E-state index contributed by atoms with van der Waals surface area (Å²) in [5, 5.41) is 0.450. The monoisotopic (exact) mass is 269 g/mol. The third-order valence-corrected chi connectivity index (χ3v) is 5.50. The smallest absolute Gasteiger partial charge is 0.212 e. The number of halogens is 1. The fourth-order valence-electron chi connectivity index (χ4n) is 1.57. The zero-order chi connectivity index (χ0) is 10.1. The van der Waals surface area contributed by atoms with Crippen LogP contribution in [0.4, 0.5) is 0 Å². The lowest BCUT2D eigenvalue weighted by molar-refractivity contribution is 0.408. The molecular formula is C8H16BrNO2S. The maximum atomic E-state index is 11.8. The van der Waals surface area contributed by atoms with Crippen molar-refractivity contribution in [2.75, 3.05) is 11.9 Å². The maximum absolute atomic E-state index is 11.8. The third kappa shape index (κ3) is 2.25. The van der Waals surface area contributed by atoms with Crippen LogP contribution in [0, 0.1) is 0 Å². The molecule has 1 saturated heterocycles. The molecule has 1 fully saturated rings. The first-order valence-electron chi connectivity index (χ1n) is 4.56. The molecule has 0 radical (unpaired) electrons. The van der Waals surface area contributed by atoms with Gasteiger partial charge in [0.15, 0.2) is 0 Å². The molecule has 1 aliphatic rings. The summed E-state index contributed by atoms with van der Waals surface area (Å²) in [6.07, 6.45) is 1.97. The van der Waals surface area contributed by atoms with Crippen molar-refractivity contribution in [2.24, 2.45) is 0 Å². The molecule has 0 aromatic carbocycles. The second-order valence-electron chi connectivity index (χ2n) is 3.65. The van der Waals surface area contributed by atoms with Gasteiger partial charge in [0.2, 0.25) is 10.0 Å². The van der Waals surface area contributed by atoms with E-state index in [2.05, 4.69) is 15.9 Å². The first kappa shape index (κ1) is 11.5. The van der Waals surface area contributed by atoms with E-state index in [0.29, 0.717) is 6.54 Å². The molecule has 0 saturated carbocycles. The molecule has 0 amide bonds. The molecule has 1 unspecified atom stereocenters. The van der Waals surface area contributed by atoms with Crippen molar-refractivity contribution in [1.82, 2.24) is 4.31 Å². The largest absolute Gasteiger partial charge is 0.216 e. The number of hydrogen-bond acceptors (Lipinski definition) is 2. The number of rotatable bonds is 3. The van der Waals surface area contributed by atoms with Gasteiger partial charge in [-0.15, -0.1) is 0 Å². The highest BCUT2D eigenvalue weighted by Crippen LogP contribution is 2.24. The standard InChI is InChI=1S/C8H16BrNO2S/c1-7(2)13(11,12)10-5-3-4-8(10)6-9/h7-8H,3-6H2,1-2H3. The highest BCUT2D eigenvalue weighted by atomic mass is 79.9. The van der Waals surface area contributed by atoms with Crippen molar-refractivity contribution in [3.63, 3.8) is 0 Å². The Labute approximate surface area is 88.7 Å². The van der Waals surface area contributed by atoms with Gasteiger partial charge in [-0.25, -0.2) is 8.42 Å². The Morgan fingerprint density at radius 1 is 1.54 bits per heavy atom. The molecule has 13 heavy (non-hydrogen) atoms. The van der Waals surface area contributed by atoms with E-state index in [0.717, 1.165) is 18.2 Å². The van der Waals surface area contributed by atoms with Crippen LogP contribution in [0.1, 0.15) is 26.7 Å². The third-order valence-electron chi connectivity index (χ3n) is 2.42. The van der Waals surface area contributed by atoms with Crippen molar-refractivity contribution in [2.45, 2.75) is 38.0 Å². The molecule has 1 aliphatic heterocycles. The molecule has 0 N–H and O–H groups in total. The van der Waals surface area contributed by atoms with E-state index in [1.165, 1.54) is 0 Å². The minimum Gasteiger partial charge on any atom is -0.212 e. The summed E-state index contributed by atoms with van der Waals surface area (Å²) in [6.45, 7) is 4.16. The summed E-state index contributed by atoms with van der Waals surface area (Å²) in [4.78, 5) is 0. The highest BCUT2D eigenvalue weighted by Gasteiger charge is 2.34. The van der Waals surface area contributed by atoms with Crippen LogP contribution in [0.25, 0.3) is 0 Å². The average Bonchev–Trinajstić information content (AvgIpc) is 2.51. The predicted molar refractivity (Wildman–Crippen MR) is 57.6 cm³/mol. The van der Waals surface area contributed by atoms with Gasteiger partial charge in [-0.05, 0) is 26.7 Å². The SMILES string of the molecule is CC(C)S(=O)(=O)N1CCCC1CBr. The van der Waals surface area contributed by atoms with Crippen LogP contribution in [0.15, 0.2) is 0 Å². The van der Waals surface area contributed by atoms with Gasteiger partial charge in [0.05, 0.1) is 5.25 Å². The van der Waals surface area contributed by atoms with Crippen LogP contribution in [-0.2, 0) is 10.0 Å². The molecule has 0 aromatic heterocycles. The van der Waals surface area contributed by atoms with E-state index in [-0.39, 0.29) is 11.3 Å². The number of sulfonamides is 1. The fourth-order valence-corrected chi connectivity index (χ4v) is 3.95.